The van der Waals surface area contributed by atoms with Gasteiger partial charge in [0.25, 0.3) is 0 Å². The molecular weight excluding hydrogens is 282 g/mol. The predicted molar refractivity (Wildman–Crippen MR) is 96.2 cm³/mol. The minimum Gasteiger partial charge on any atom is -0.341 e. The summed E-state index contributed by atoms with van der Waals surface area (Å²) in [5.74, 6) is 0.413. The van der Waals surface area contributed by atoms with Gasteiger partial charge in [-0.3, -0.25) is 4.79 Å². The van der Waals surface area contributed by atoms with Gasteiger partial charge in [-0.25, -0.2) is 0 Å². The standard InChI is InChI=1S/C21H25NO/c1-17-9-6-7-13-20(17)22(18-10-4-3-5-11-18)16-21(2)14-8-12-19(23)15-21/h3-7,9-11,13H,8,12,14-16H2,1-2H3/t21-/m0/s1. The van der Waals surface area contributed by atoms with Crippen LogP contribution in [0.5, 0.6) is 0 Å². The molecule has 0 N–H and O–H groups in total. The summed E-state index contributed by atoms with van der Waals surface area (Å²) in [4.78, 5) is 14.4. The van der Waals surface area contributed by atoms with Crippen LogP contribution < -0.4 is 4.90 Å². The van der Waals surface area contributed by atoms with Crippen molar-refractivity contribution >= 4 is 17.2 Å². The van der Waals surface area contributed by atoms with Crippen LogP contribution in [0.3, 0.4) is 0 Å². The molecular formula is C21H25NO. The van der Waals surface area contributed by atoms with E-state index in [9.17, 15) is 4.79 Å². The first-order chi connectivity index (χ1) is 11.1. The number of anilines is 2. The number of nitrogens with zero attached hydrogens (tertiary/aromatic N) is 1. The zero-order chi connectivity index (χ0) is 16.3. The fourth-order valence-electron chi connectivity index (χ4n) is 3.67. The summed E-state index contributed by atoms with van der Waals surface area (Å²) in [6.45, 7) is 5.30. The summed E-state index contributed by atoms with van der Waals surface area (Å²) >= 11 is 0. The molecule has 0 spiro atoms. The van der Waals surface area contributed by atoms with Gasteiger partial charge in [-0.1, -0.05) is 43.3 Å². The lowest BCUT2D eigenvalue weighted by atomic mass is 9.74. The lowest BCUT2D eigenvalue weighted by Crippen LogP contribution is -2.37. The molecule has 0 radical (unpaired) electrons. The number of carbonyl (C=O) groups excluding carboxylic acids is 1. The van der Waals surface area contributed by atoms with Gasteiger partial charge in [0.05, 0.1) is 0 Å². The molecule has 0 saturated heterocycles. The zero-order valence-electron chi connectivity index (χ0n) is 14.1. The van der Waals surface area contributed by atoms with E-state index in [1.54, 1.807) is 0 Å². The number of rotatable bonds is 4. The number of hydrogen-bond donors (Lipinski definition) is 0. The lowest BCUT2D eigenvalue weighted by molar-refractivity contribution is -0.123. The Hall–Kier alpha value is -2.09. The summed E-state index contributed by atoms with van der Waals surface area (Å²) in [5.41, 5.74) is 3.74. The molecule has 0 bridgehead atoms. The van der Waals surface area contributed by atoms with E-state index in [4.69, 9.17) is 0 Å². The minimum absolute atomic E-state index is 0.0491. The molecule has 120 valence electrons. The smallest absolute Gasteiger partial charge is 0.133 e. The van der Waals surface area contributed by atoms with Crippen LogP contribution in [-0.4, -0.2) is 12.3 Å². The molecule has 2 heteroatoms. The molecule has 0 amide bonds. The van der Waals surface area contributed by atoms with E-state index in [2.05, 4.69) is 67.3 Å². The van der Waals surface area contributed by atoms with Crippen LogP contribution in [0.1, 0.15) is 38.2 Å². The van der Waals surface area contributed by atoms with Crippen molar-refractivity contribution in [1.29, 1.82) is 0 Å². The Morgan fingerprint density at radius 2 is 1.74 bits per heavy atom. The monoisotopic (exact) mass is 307 g/mol. The van der Waals surface area contributed by atoms with E-state index in [0.29, 0.717) is 12.2 Å². The van der Waals surface area contributed by atoms with Crippen LogP contribution in [0.4, 0.5) is 11.4 Å². The Bertz CT molecular complexity index is 679. The summed E-state index contributed by atoms with van der Waals surface area (Å²) < 4.78 is 0. The Morgan fingerprint density at radius 1 is 1.04 bits per heavy atom. The first-order valence-corrected chi connectivity index (χ1v) is 8.47. The fraction of sp³-hybridized carbons (Fsp3) is 0.381. The van der Waals surface area contributed by atoms with Crippen molar-refractivity contribution in [3.8, 4) is 0 Å². The second-order valence-corrected chi connectivity index (χ2v) is 7.09. The average Bonchev–Trinajstić information content (AvgIpc) is 2.54. The Labute approximate surface area is 139 Å². The van der Waals surface area contributed by atoms with E-state index in [1.807, 2.05) is 6.07 Å². The molecule has 1 saturated carbocycles. The number of aryl methyl sites for hydroxylation is 1. The molecule has 1 fully saturated rings. The van der Waals surface area contributed by atoms with Crippen molar-refractivity contribution in [2.45, 2.75) is 39.5 Å². The predicted octanol–water partition coefficient (Wildman–Crippen LogP) is 5.28. The van der Waals surface area contributed by atoms with Crippen LogP contribution in [-0.2, 0) is 4.79 Å². The lowest BCUT2D eigenvalue weighted by Gasteiger charge is -2.39. The van der Waals surface area contributed by atoms with Gasteiger partial charge in [0.15, 0.2) is 0 Å². The van der Waals surface area contributed by atoms with E-state index in [0.717, 1.165) is 25.8 Å². The van der Waals surface area contributed by atoms with E-state index < -0.39 is 0 Å². The molecule has 2 aromatic carbocycles. The maximum absolute atomic E-state index is 12.0. The molecule has 1 aliphatic carbocycles. The third-order valence-electron chi connectivity index (χ3n) is 4.87. The highest BCUT2D eigenvalue weighted by Gasteiger charge is 2.33. The van der Waals surface area contributed by atoms with Crippen molar-refractivity contribution in [3.63, 3.8) is 0 Å². The van der Waals surface area contributed by atoms with Gasteiger partial charge in [0, 0.05) is 30.8 Å². The van der Waals surface area contributed by atoms with Crippen LogP contribution >= 0.6 is 0 Å². The third kappa shape index (κ3) is 3.64. The van der Waals surface area contributed by atoms with Gasteiger partial charge < -0.3 is 4.90 Å². The second kappa shape index (κ2) is 6.57. The molecule has 2 aromatic rings. The van der Waals surface area contributed by atoms with Crippen molar-refractivity contribution in [1.82, 2.24) is 0 Å². The number of carbonyl (C=O) groups is 1. The van der Waals surface area contributed by atoms with E-state index in [-0.39, 0.29) is 5.41 Å². The van der Waals surface area contributed by atoms with Crippen molar-refractivity contribution in [2.75, 3.05) is 11.4 Å². The molecule has 0 aromatic heterocycles. The summed E-state index contributed by atoms with van der Waals surface area (Å²) in [6, 6.07) is 19.0. The topological polar surface area (TPSA) is 20.3 Å². The van der Waals surface area contributed by atoms with E-state index in [1.165, 1.54) is 16.9 Å². The maximum atomic E-state index is 12.0. The molecule has 23 heavy (non-hydrogen) atoms. The summed E-state index contributed by atoms with van der Waals surface area (Å²) in [6.07, 6.45) is 3.59. The van der Waals surface area contributed by atoms with Gasteiger partial charge in [0.2, 0.25) is 0 Å². The van der Waals surface area contributed by atoms with Crippen LogP contribution in [0, 0.1) is 12.3 Å². The van der Waals surface area contributed by atoms with Crippen molar-refractivity contribution in [2.24, 2.45) is 5.41 Å². The average molecular weight is 307 g/mol. The largest absolute Gasteiger partial charge is 0.341 e. The zero-order valence-corrected chi connectivity index (χ0v) is 14.1. The molecule has 2 nitrogen and oxygen atoms in total. The molecule has 0 aliphatic heterocycles. The fourth-order valence-corrected chi connectivity index (χ4v) is 3.67. The Kier molecular flexibility index (Phi) is 4.51. The van der Waals surface area contributed by atoms with E-state index >= 15 is 0 Å². The van der Waals surface area contributed by atoms with Gasteiger partial charge in [-0.05, 0) is 48.9 Å². The van der Waals surface area contributed by atoms with Crippen LogP contribution in [0.25, 0.3) is 0 Å². The number of para-hydroxylation sites is 2. The van der Waals surface area contributed by atoms with Gasteiger partial charge in [-0.2, -0.15) is 0 Å². The first kappa shape index (κ1) is 15.8. The number of benzene rings is 2. The summed E-state index contributed by atoms with van der Waals surface area (Å²) in [7, 11) is 0. The molecule has 1 atom stereocenters. The van der Waals surface area contributed by atoms with Crippen LogP contribution in [0.2, 0.25) is 0 Å². The molecule has 0 unspecified atom stereocenters. The molecule has 1 aliphatic rings. The van der Waals surface area contributed by atoms with Crippen molar-refractivity contribution < 1.29 is 4.79 Å². The van der Waals surface area contributed by atoms with Gasteiger partial charge >= 0.3 is 0 Å². The number of hydrogen-bond acceptors (Lipinski definition) is 2. The van der Waals surface area contributed by atoms with Gasteiger partial charge in [0.1, 0.15) is 5.78 Å². The highest BCUT2D eigenvalue weighted by atomic mass is 16.1. The van der Waals surface area contributed by atoms with Crippen molar-refractivity contribution in [3.05, 3.63) is 60.2 Å². The SMILES string of the molecule is Cc1ccccc1N(C[C@@]1(C)CCCC(=O)C1)c1ccccc1. The Morgan fingerprint density at radius 3 is 2.43 bits per heavy atom. The van der Waals surface area contributed by atoms with Crippen LogP contribution in [0.15, 0.2) is 54.6 Å². The summed E-state index contributed by atoms with van der Waals surface area (Å²) in [5, 5.41) is 0. The second-order valence-electron chi connectivity index (χ2n) is 7.09. The molecule has 3 rings (SSSR count). The number of ketones is 1. The third-order valence-corrected chi connectivity index (χ3v) is 4.87. The maximum Gasteiger partial charge on any atom is 0.133 e. The highest BCUT2D eigenvalue weighted by Crippen LogP contribution is 2.39. The normalized spacial score (nSPS) is 21.2. The first-order valence-electron chi connectivity index (χ1n) is 8.47. The quantitative estimate of drug-likeness (QED) is 0.765. The minimum atomic E-state index is 0.0491. The number of Topliss-reactive ketones (excluding diaryl/α,β-unsaturated/α-hetero) is 1. The molecule has 0 heterocycles. The Balaban J connectivity index is 1.96. The highest BCUT2D eigenvalue weighted by molar-refractivity contribution is 5.80. The van der Waals surface area contributed by atoms with Gasteiger partial charge in [-0.15, -0.1) is 0 Å².